The third-order valence-electron chi connectivity index (χ3n) is 3.51. The van der Waals surface area contributed by atoms with E-state index in [1.54, 1.807) is 0 Å². The van der Waals surface area contributed by atoms with Gasteiger partial charge in [0.05, 0.1) is 0 Å². The molecule has 0 aliphatic heterocycles. The Labute approximate surface area is 97.2 Å². The van der Waals surface area contributed by atoms with E-state index in [2.05, 4.69) is 16.5 Å². The molecule has 4 nitrogen and oxygen atoms in total. The Morgan fingerprint density at radius 1 is 1.44 bits per heavy atom. The van der Waals surface area contributed by atoms with Crippen LogP contribution in [0.5, 0.6) is 0 Å². The lowest BCUT2D eigenvalue weighted by Gasteiger charge is -2.26. The molecule has 2 rings (SSSR count). The van der Waals surface area contributed by atoms with Gasteiger partial charge in [-0.15, -0.1) is 0 Å². The van der Waals surface area contributed by atoms with E-state index in [0.29, 0.717) is 12.1 Å². The van der Waals surface area contributed by atoms with E-state index in [0.717, 1.165) is 13.0 Å². The first kappa shape index (κ1) is 11.6. The summed E-state index contributed by atoms with van der Waals surface area (Å²) in [6.07, 6.45) is 7.71. The standard InChI is InChI=1S/C12H22N4/c1-16-12(7-9-15-16)6-8-14-11-4-2-10(13)3-5-11/h7,9-11,14H,2-6,8,13H2,1H3. The molecular formula is C12H22N4. The van der Waals surface area contributed by atoms with Crippen LogP contribution in [0.3, 0.4) is 0 Å². The van der Waals surface area contributed by atoms with Crippen LogP contribution in [0.1, 0.15) is 31.4 Å². The van der Waals surface area contributed by atoms with Gasteiger partial charge in [-0.05, 0) is 31.7 Å². The van der Waals surface area contributed by atoms with Gasteiger partial charge in [0.25, 0.3) is 0 Å². The zero-order valence-corrected chi connectivity index (χ0v) is 10.0. The lowest BCUT2D eigenvalue weighted by atomic mass is 9.92. The van der Waals surface area contributed by atoms with Crippen molar-refractivity contribution in [3.63, 3.8) is 0 Å². The van der Waals surface area contributed by atoms with Crippen molar-refractivity contribution in [1.82, 2.24) is 15.1 Å². The van der Waals surface area contributed by atoms with E-state index < -0.39 is 0 Å². The minimum Gasteiger partial charge on any atom is -0.328 e. The molecule has 90 valence electrons. The van der Waals surface area contributed by atoms with Gasteiger partial charge in [-0.1, -0.05) is 0 Å². The normalized spacial score (nSPS) is 25.9. The summed E-state index contributed by atoms with van der Waals surface area (Å²) in [6, 6.07) is 3.20. The Bertz CT molecular complexity index is 313. The molecule has 0 spiro atoms. The first-order valence-electron chi connectivity index (χ1n) is 6.21. The number of hydrogen-bond acceptors (Lipinski definition) is 3. The number of rotatable bonds is 4. The van der Waals surface area contributed by atoms with Crippen molar-refractivity contribution in [2.75, 3.05) is 6.54 Å². The van der Waals surface area contributed by atoms with E-state index in [4.69, 9.17) is 5.73 Å². The van der Waals surface area contributed by atoms with Gasteiger partial charge in [-0.3, -0.25) is 4.68 Å². The molecular weight excluding hydrogens is 200 g/mol. The molecule has 0 bridgehead atoms. The molecule has 1 saturated carbocycles. The summed E-state index contributed by atoms with van der Waals surface area (Å²) in [5.74, 6) is 0. The highest BCUT2D eigenvalue weighted by molar-refractivity contribution is 5.00. The van der Waals surface area contributed by atoms with Crippen molar-refractivity contribution < 1.29 is 0 Å². The summed E-state index contributed by atoms with van der Waals surface area (Å²) >= 11 is 0. The molecule has 0 saturated heterocycles. The summed E-state index contributed by atoms with van der Waals surface area (Å²) in [6.45, 7) is 1.04. The molecule has 1 aromatic heterocycles. The van der Waals surface area contributed by atoms with Crippen LogP contribution in [0.2, 0.25) is 0 Å². The molecule has 0 unspecified atom stereocenters. The minimum atomic E-state index is 0.440. The number of aromatic nitrogens is 2. The van der Waals surface area contributed by atoms with Gasteiger partial charge in [0, 0.05) is 44.0 Å². The van der Waals surface area contributed by atoms with Crippen molar-refractivity contribution in [2.45, 2.75) is 44.2 Å². The van der Waals surface area contributed by atoms with Gasteiger partial charge < -0.3 is 11.1 Å². The monoisotopic (exact) mass is 222 g/mol. The van der Waals surface area contributed by atoms with E-state index in [9.17, 15) is 0 Å². The third-order valence-corrected chi connectivity index (χ3v) is 3.51. The lowest BCUT2D eigenvalue weighted by Crippen LogP contribution is -2.38. The number of aryl methyl sites for hydroxylation is 1. The Kier molecular flexibility index (Phi) is 3.96. The van der Waals surface area contributed by atoms with Gasteiger partial charge in [0.1, 0.15) is 0 Å². The van der Waals surface area contributed by atoms with Gasteiger partial charge in [0.2, 0.25) is 0 Å². The molecule has 1 aromatic rings. The molecule has 4 heteroatoms. The number of hydrogen-bond donors (Lipinski definition) is 2. The second-order valence-corrected chi connectivity index (χ2v) is 4.76. The molecule has 0 aromatic carbocycles. The summed E-state index contributed by atoms with van der Waals surface area (Å²) in [7, 11) is 2.00. The van der Waals surface area contributed by atoms with Gasteiger partial charge >= 0.3 is 0 Å². The summed E-state index contributed by atoms with van der Waals surface area (Å²) in [4.78, 5) is 0. The van der Waals surface area contributed by atoms with Crippen LogP contribution in [-0.2, 0) is 13.5 Å². The fourth-order valence-corrected chi connectivity index (χ4v) is 2.37. The van der Waals surface area contributed by atoms with Crippen LogP contribution < -0.4 is 11.1 Å². The van der Waals surface area contributed by atoms with E-state index >= 15 is 0 Å². The fourth-order valence-electron chi connectivity index (χ4n) is 2.37. The predicted octanol–water partition coefficient (Wildman–Crippen LogP) is 0.822. The zero-order valence-electron chi connectivity index (χ0n) is 10.0. The van der Waals surface area contributed by atoms with E-state index in [1.807, 2.05) is 17.9 Å². The lowest BCUT2D eigenvalue weighted by molar-refractivity contribution is 0.344. The Morgan fingerprint density at radius 3 is 2.81 bits per heavy atom. The molecule has 0 radical (unpaired) electrons. The quantitative estimate of drug-likeness (QED) is 0.793. The Morgan fingerprint density at radius 2 is 2.19 bits per heavy atom. The molecule has 1 aliphatic rings. The van der Waals surface area contributed by atoms with Crippen molar-refractivity contribution in [1.29, 1.82) is 0 Å². The number of nitrogens with two attached hydrogens (primary N) is 1. The molecule has 1 aliphatic carbocycles. The smallest absolute Gasteiger partial charge is 0.0492 e. The SMILES string of the molecule is Cn1nccc1CCNC1CCC(N)CC1. The average molecular weight is 222 g/mol. The summed E-state index contributed by atoms with van der Waals surface area (Å²) < 4.78 is 1.94. The number of nitrogens with zero attached hydrogens (tertiary/aromatic N) is 2. The van der Waals surface area contributed by atoms with Crippen LogP contribution in [0.15, 0.2) is 12.3 Å². The first-order chi connectivity index (χ1) is 7.75. The van der Waals surface area contributed by atoms with Crippen molar-refractivity contribution in [3.05, 3.63) is 18.0 Å². The van der Waals surface area contributed by atoms with Crippen LogP contribution in [-0.4, -0.2) is 28.4 Å². The van der Waals surface area contributed by atoms with Crippen LogP contribution in [0, 0.1) is 0 Å². The molecule has 16 heavy (non-hydrogen) atoms. The highest BCUT2D eigenvalue weighted by atomic mass is 15.3. The maximum Gasteiger partial charge on any atom is 0.0492 e. The molecule has 1 fully saturated rings. The second kappa shape index (κ2) is 5.46. The predicted molar refractivity (Wildman–Crippen MR) is 65.1 cm³/mol. The molecule has 0 atom stereocenters. The molecule has 3 N–H and O–H groups in total. The van der Waals surface area contributed by atoms with Crippen molar-refractivity contribution in [2.24, 2.45) is 12.8 Å². The largest absolute Gasteiger partial charge is 0.328 e. The summed E-state index contributed by atoms with van der Waals surface area (Å²) in [5.41, 5.74) is 7.17. The Balaban J connectivity index is 1.67. The van der Waals surface area contributed by atoms with Gasteiger partial charge in [-0.2, -0.15) is 5.10 Å². The maximum absolute atomic E-state index is 5.88. The van der Waals surface area contributed by atoms with Crippen LogP contribution >= 0.6 is 0 Å². The number of nitrogens with one attached hydrogen (secondary N) is 1. The summed E-state index contributed by atoms with van der Waals surface area (Å²) in [5, 5.41) is 7.78. The van der Waals surface area contributed by atoms with Gasteiger partial charge in [-0.25, -0.2) is 0 Å². The topological polar surface area (TPSA) is 55.9 Å². The van der Waals surface area contributed by atoms with Crippen LogP contribution in [0.25, 0.3) is 0 Å². The fraction of sp³-hybridized carbons (Fsp3) is 0.750. The highest BCUT2D eigenvalue weighted by Gasteiger charge is 2.17. The maximum atomic E-state index is 5.88. The second-order valence-electron chi connectivity index (χ2n) is 4.76. The van der Waals surface area contributed by atoms with Crippen LogP contribution in [0.4, 0.5) is 0 Å². The van der Waals surface area contributed by atoms with Crippen molar-refractivity contribution >= 4 is 0 Å². The van der Waals surface area contributed by atoms with E-state index in [-0.39, 0.29) is 0 Å². The van der Waals surface area contributed by atoms with E-state index in [1.165, 1.54) is 31.4 Å². The van der Waals surface area contributed by atoms with Gasteiger partial charge in [0.15, 0.2) is 0 Å². The highest BCUT2D eigenvalue weighted by Crippen LogP contribution is 2.16. The van der Waals surface area contributed by atoms with Crippen molar-refractivity contribution in [3.8, 4) is 0 Å². The molecule has 1 heterocycles. The third kappa shape index (κ3) is 3.06. The first-order valence-corrected chi connectivity index (χ1v) is 6.21. The Hall–Kier alpha value is -0.870. The minimum absolute atomic E-state index is 0.440. The zero-order chi connectivity index (χ0) is 11.4. The average Bonchev–Trinajstić information content (AvgIpc) is 2.68. The molecule has 0 amide bonds.